The Kier molecular flexibility index (Phi) is 6.95. The van der Waals surface area contributed by atoms with Crippen molar-refractivity contribution >= 4 is 23.0 Å². The second-order valence-corrected chi connectivity index (χ2v) is 9.09. The lowest BCUT2D eigenvalue weighted by atomic mass is 9.97. The number of likely N-dealkylation sites (N-methyl/N-ethyl adjacent to an activating group) is 1. The number of hydrogen-bond donors (Lipinski definition) is 1. The Morgan fingerprint density at radius 3 is 2.41 bits per heavy atom. The van der Waals surface area contributed by atoms with Crippen molar-refractivity contribution in [3.8, 4) is 5.75 Å². The lowest BCUT2D eigenvalue weighted by Gasteiger charge is -2.28. The fourth-order valence-electron chi connectivity index (χ4n) is 2.63. The first-order valence-corrected chi connectivity index (χ1v) is 9.71. The molecule has 0 saturated heterocycles. The quantitative estimate of drug-likeness (QED) is 0.551. The number of benzene rings is 1. The molecule has 0 aliphatic carbocycles. The van der Waals surface area contributed by atoms with Crippen molar-refractivity contribution < 1.29 is 23.8 Å². The number of hydrogen-bond acceptors (Lipinski definition) is 6. The number of aromatic nitrogens is 1. The molecule has 29 heavy (non-hydrogen) atoms. The van der Waals surface area contributed by atoms with E-state index in [1.165, 1.54) is 0 Å². The molecule has 2 aromatic rings. The fraction of sp³-hybridized carbons (Fsp3) is 0.545. The van der Waals surface area contributed by atoms with Gasteiger partial charge in [-0.15, -0.1) is 0 Å². The molecule has 0 bridgehead atoms. The molecule has 7 heteroatoms. The Balaban J connectivity index is 2.04. The van der Waals surface area contributed by atoms with Gasteiger partial charge in [0.05, 0.1) is 5.41 Å². The van der Waals surface area contributed by atoms with Gasteiger partial charge in [0.1, 0.15) is 18.0 Å². The van der Waals surface area contributed by atoms with Gasteiger partial charge in [-0.2, -0.15) is 0 Å². The summed E-state index contributed by atoms with van der Waals surface area (Å²) in [6, 6.07) is 5.48. The van der Waals surface area contributed by atoms with Crippen molar-refractivity contribution in [1.29, 1.82) is 0 Å². The van der Waals surface area contributed by atoms with E-state index in [2.05, 4.69) is 9.88 Å². The van der Waals surface area contributed by atoms with Crippen LogP contribution in [0.4, 0.5) is 4.79 Å². The summed E-state index contributed by atoms with van der Waals surface area (Å²) in [7, 11) is 4.02. The Bertz CT molecular complexity index is 862. The van der Waals surface area contributed by atoms with E-state index in [9.17, 15) is 9.59 Å². The zero-order valence-corrected chi connectivity index (χ0v) is 18.4. The first-order valence-electron chi connectivity index (χ1n) is 9.71. The number of esters is 1. The van der Waals surface area contributed by atoms with Gasteiger partial charge in [-0.1, -0.05) is 6.07 Å². The van der Waals surface area contributed by atoms with E-state index in [4.69, 9.17) is 14.2 Å². The van der Waals surface area contributed by atoms with Crippen LogP contribution in [-0.2, 0) is 20.7 Å². The summed E-state index contributed by atoms with van der Waals surface area (Å²) in [6.45, 7) is 9.46. The summed E-state index contributed by atoms with van der Waals surface area (Å²) in [5.74, 6) is 0.0779. The second kappa shape index (κ2) is 8.86. The van der Waals surface area contributed by atoms with Gasteiger partial charge < -0.3 is 24.1 Å². The number of nitrogens with zero attached hydrogens (tertiary/aromatic N) is 1. The van der Waals surface area contributed by atoms with E-state index in [0.717, 1.165) is 29.4 Å². The maximum atomic E-state index is 12.3. The predicted molar refractivity (Wildman–Crippen MR) is 112 cm³/mol. The van der Waals surface area contributed by atoms with Crippen LogP contribution in [0, 0.1) is 5.41 Å². The monoisotopic (exact) mass is 404 g/mol. The van der Waals surface area contributed by atoms with E-state index >= 15 is 0 Å². The van der Waals surface area contributed by atoms with E-state index in [0.29, 0.717) is 5.75 Å². The van der Waals surface area contributed by atoms with Crippen LogP contribution >= 0.6 is 0 Å². The third-order valence-corrected chi connectivity index (χ3v) is 4.29. The number of H-pyrrole nitrogens is 1. The van der Waals surface area contributed by atoms with Gasteiger partial charge in [0, 0.05) is 23.6 Å². The number of ether oxygens (including phenoxy) is 3. The van der Waals surface area contributed by atoms with Crippen molar-refractivity contribution in [3.63, 3.8) is 0 Å². The Hall–Kier alpha value is -2.54. The molecular formula is C22H32N2O5. The molecule has 0 unspecified atom stereocenters. The molecule has 1 aromatic carbocycles. The fourth-order valence-corrected chi connectivity index (χ4v) is 2.63. The molecule has 0 atom stereocenters. The molecule has 1 heterocycles. The minimum atomic E-state index is -0.958. The normalized spacial score (nSPS) is 12.3. The second-order valence-electron chi connectivity index (χ2n) is 9.09. The molecule has 0 spiro atoms. The van der Waals surface area contributed by atoms with Gasteiger partial charge in [0.15, 0.2) is 0 Å². The molecule has 0 amide bonds. The molecule has 160 valence electrons. The van der Waals surface area contributed by atoms with Crippen molar-refractivity contribution in [2.45, 2.75) is 46.6 Å². The number of aromatic amines is 1. The molecule has 1 N–H and O–H groups in total. The van der Waals surface area contributed by atoms with Crippen LogP contribution in [0.1, 0.15) is 40.2 Å². The third-order valence-electron chi connectivity index (χ3n) is 4.29. The standard InChI is InChI=1S/C22H32N2O5/c1-21(2,3)19(25)29-22(4,5)14-27-20(26)28-17-10-8-9-16-18(17)15(13-23-16)11-12-24(6)7/h8-10,13,23H,11-12,14H2,1-7H3. The summed E-state index contributed by atoms with van der Waals surface area (Å²) >= 11 is 0. The van der Waals surface area contributed by atoms with E-state index in [1.807, 2.05) is 32.4 Å². The summed E-state index contributed by atoms with van der Waals surface area (Å²) in [6.07, 6.45) is 1.91. The largest absolute Gasteiger partial charge is 0.514 e. The van der Waals surface area contributed by atoms with Gasteiger partial charge in [0.2, 0.25) is 0 Å². The van der Waals surface area contributed by atoms with Crippen LogP contribution in [0.15, 0.2) is 24.4 Å². The number of fused-ring (bicyclic) bond motifs is 1. The Labute approximate surface area is 172 Å². The van der Waals surface area contributed by atoms with Gasteiger partial charge in [-0.25, -0.2) is 4.79 Å². The molecule has 0 radical (unpaired) electrons. The lowest BCUT2D eigenvalue weighted by molar-refractivity contribution is -0.170. The Morgan fingerprint density at radius 1 is 1.10 bits per heavy atom. The molecule has 0 fully saturated rings. The van der Waals surface area contributed by atoms with Crippen molar-refractivity contribution in [3.05, 3.63) is 30.0 Å². The lowest BCUT2D eigenvalue weighted by Crippen LogP contribution is -2.38. The van der Waals surface area contributed by atoms with Crippen molar-refractivity contribution in [2.75, 3.05) is 27.2 Å². The molecule has 0 saturated carbocycles. The molecule has 2 rings (SSSR count). The Morgan fingerprint density at radius 2 is 1.79 bits per heavy atom. The number of nitrogens with one attached hydrogen (secondary N) is 1. The van der Waals surface area contributed by atoms with Gasteiger partial charge in [0.25, 0.3) is 0 Å². The van der Waals surface area contributed by atoms with Crippen LogP contribution < -0.4 is 4.74 Å². The smallest absolute Gasteiger partial charge is 0.456 e. The van der Waals surface area contributed by atoms with Crippen LogP contribution in [0.3, 0.4) is 0 Å². The summed E-state index contributed by atoms with van der Waals surface area (Å²) in [5.41, 5.74) is 0.366. The number of carbonyl (C=O) groups is 2. The van der Waals surface area contributed by atoms with Gasteiger partial charge >= 0.3 is 12.1 Å². The molecule has 0 aliphatic rings. The molecule has 7 nitrogen and oxygen atoms in total. The maximum Gasteiger partial charge on any atom is 0.514 e. The van der Waals surface area contributed by atoms with E-state index in [-0.39, 0.29) is 12.6 Å². The zero-order valence-electron chi connectivity index (χ0n) is 18.4. The SMILES string of the molecule is CN(C)CCc1c[nH]c2cccc(OC(=O)OCC(C)(C)OC(=O)C(C)(C)C)c12. The third kappa shape index (κ3) is 6.49. The molecular weight excluding hydrogens is 372 g/mol. The highest BCUT2D eigenvalue weighted by atomic mass is 16.7. The molecule has 1 aromatic heterocycles. The first kappa shape index (κ1) is 22.7. The van der Waals surface area contributed by atoms with Crippen molar-refractivity contribution in [2.24, 2.45) is 5.41 Å². The molecule has 0 aliphatic heterocycles. The van der Waals surface area contributed by atoms with Gasteiger partial charge in [-0.3, -0.25) is 4.79 Å². The van der Waals surface area contributed by atoms with Crippen LogP contribution in [-0.4, -0.2) is 54.9 Å². The van der Waals surface area contributed by atoms with E-state index in [1.54, 1.807) is 40.7 Å². The first-order chi connectivity index (χ1) is 13.4. The predicted octanol–water partition coefficient (Wildman–Crippen LogP) is 4.16. The topological polar surface area (TPSA) is 80.9 Å². The summed E-state index contributed by atoms with van der Waals surface area (Å²) in [5, 5.41) is 0.865. The highest BCUT2D eigenvalue weighted by Gasteiger charge is 2.32. The highest BCUT2D eigenvalue weighted by Crippen LogP contribution is 2.30. The van der Waals surface area contributed by atoms with Crippen LogP contribution in [0.5, 0.6) is 5.75 Å². The average Bonchev–Trinajstić information content (AvgIpc) is 3.01. The number of carbonyl (C=O) groups excluding carboxylic acids is 2. The van der Waals surface area contributed by atoms with E-state index < -0.39 is 17.2 Å². The maximum absolute atomic E-state index is 12.3. The van der Waals surface area contributed by atoms with Crippen molar-refractivity contribution in [1.82, 2.24) is 9.88 Å². The van der Waals surface area contributed by atoms with Gasteiger partial charge in [-0.05, 0) is 72.8 Å². The van der Waals surface area contributed by atoms with Crippen LogP contribution in [0.2, 0.25) is 0 Å². The highest BCUT2D eigenvalue weighted by molar-refractivity contribution is 5.90. The zero-order chi connectivity index (χ0) is 21.8. The summed E-state index contributed by atoms with van der Waals surface area (Å²) in [4.78, 5) is 29.7. The minimum absolute atomic E-state index is 0.107. The minimum Gasteiger partial charge on any atom is -0.456 e. The van der Waals surface area contributed by atoms with Crippen LogP contribution in [0.25, 0.3) is 10.9 Å². The number of rotatable bonds is 7. The summed E-state index contributed by atoms with van der Waals surface area (Å²) < 4.78 is 16.1. The average molecular weight is 405 g/mol.